The number of alkyl halides is 3. The van der Waals surface area contributed by atoms with E-state index >= 15 is 0 Å². The predicted octanol–water partition coefficient (Wildman–Crippen LogP) is 2.30. The molecule has 0 saturated carbocycles. The van der Waals surface area contributed by atoms with Crippen molar-refractivity contribution in [3.63, 3.8) is 0 Å². The van der Waals surface area contributed by atoms with Gasteiger partial charge in [0.25, 0.3) is 0 Å². The number of nitrogens with two attached hydrogens (primary N) is 1. The average molecular weight is 447 g/mol. The Bertz CT molecular complexity index is 1120. The van der Waals surface area contributed by atoms with Crippen molar-refractivity contribution >= 4 is 17.7 Å². The predicted molar refractivity (Wildman–Crippen MR) is 108 cm³/mol. The minimum Gasteiger partial charge on any atom is -0.459 e. The molecule has 3 heterocycles. The Balaban J connectivity index is 1.65. The summed E-state index contributed by atoms with van der Waals surface area (Å²) in [6, 6.07) is 8.71. The Labute approximate surface area is 180 Å². The Hall–Kier alpha value is -3.67. The lowest BCUT2D eigenvalue weighted by Gasteiger charge is -2.37. The van der Waals surface area contributed by atoms with Crippen LogP contribution in [0.25, 0.3) is 0 Å². The third-order valence-electron chi connectivity index (χ3n) is 5.22. The van der Waals surface area contributed by atoms with Crippen LogP contribution in [0.5, 0.6) is 0 Å². The van der Waals surface area contributed by atoms with Crippen molar-refractivity contribution in [2.24, 2.45) is 11.7 Å². The largest absolute Gasteiger partial charge is 0.459 e. The van der Waals surface area contributed by atoms with E-state index in [0.29, 0.717) is 5.56 Å². The van der Waals surface area contributed by atoms with E-state index in [4.69, 9.17) is 15.6 Å². The SMILES string of the molecule is CN(Cc1ccc(C(=N)N)cc1)c1nc(C2NCC2C(F)(F)F)nn1C(=O)c1ccco1. The zero-order valence-corrected chi connectivity index (χ0v) is 16.9. The zero-order valence-electron chi connectivity index (χ0n) is 16.9. The number of nitrogen functional groups attached to an aromatic ring is 1. The minimum absolute atomic E-state index is 0.0177. The van der Waals surface area contributed by atoms with E-state index in [1.807, 2.05) is 0 Å². The maximum absolute atomic E-state index is 13.2. The Morgan fingerprint density at radius 1 is 1.34 bits per heavy atom. The van der Waals surface area contributed by atoms with Gasteiger partial charge in [-0.1, -0.05) is 24.3 Å². The molecular weight excluding hydrogens is 427 g/mol. The minimum atomic E-state index is -4.41. The summed E-state index contributed by atoms with van der Waals surface area (Å²) in [6.45, 7) is 0.0467. The number of benzene rings is 1. The normalized spacial score (nSPS) is 18.2. The summed E-state index contributed by atoms with van der Waals surface area (Å²) >= 11 is 0. The Kier molecular flexibility index (Phi) is 5.46. The summed E-state index contributed by atoms with van der Waals surface area (Å²) < 4.78 is 45.8. The second-order valence-corrected chi connectivity index (χ2v) is 7.46. The molecule has 2 aromatic heterocycles. The van der Waals surface area contributed by atoms with Gasteiger partial charge < -0.3 is 20.4 Å². The average Bonchev–Trinajstić information content (AvgIpc) is 3.36. The fraction of sp³-hybridized carbons (Fsp3) is 0.300. The van der Waals surface area contributed by atoms with E-state index in [1.54, 1.807) is 36.2 Å². The van der Waals surface area contributed by atoms with Gasteiger partial charge in [0.15, 0.2) is 11.6 Å². The van der Waals surface area contributed by atoms with Gasteiger partial charge in [-0.2, -0.15) is 22.8 Å². The van der Waals surface area contributed by atoms with Gasteiger partial charge in [-0.05, 0) is 17.7 Å². The molecule has 4 N–H and O–H groups in total. The van der Waals surface area contributed by atoms with Crippen LogP contribution in [0.3, 0.4) is 0 Å². The lowest BCUT2D eigenvalue weighted by molar-refractivity contribution is -0.201. The number of rotatable bonds is 6. The smallest absolute Gasteiger partial charge is 0.394 e. The summed E-state index contributed by atoms with van der Waals surface area (Å²) in [4.78, 5) is 18.8. The molecule has 0 radical (unpaired) electrons. The molecule has 2 unspecified atom stereocenters. The molecule has 168 valence electrons. The number of carbonyl (C=O) groups is 1. The molecule has 0 aliphatic carbocycles. The van der Waals surface area contributed by atoms with Crippen LogP contribution in [0.4, 0.5) is 19.1 Å². The van der Waals surface area contributed by atoms with Gasteiger partial charge >= 0.3 is 12.1 Å². The summed E-state index contributed by atoms with van der Waals surface area (Å²) in [5, 5.41) is 14.3. The van der Waals surface area contributed by atoms with Crippen LogP contribution in [0.1, 0.15) is 33.5 Å². The number of furan rings is 1. The number of carbonyl (C=O) groups excluding carboxylic acids is 1. The fourth-order valence-electron chi connectivity index (χ4n) is 3.40. The maximum atomic E-state index is 13.2. The summed E-state index contributed by atoms with van der Waals surface area (Å²) in [5.41, 5.74) is 6.84. The van der Waals surface area contributed by atoms with E-state index in [-0.39, 0.29) is 36.5 Å². The first-order valence-electron chi connectivity index (χ1n) is 9.65. The third kappa shape index (κ3) is 4.08. The van der Waals surface area contributed by atoms with E-state index in [9.17, 15) is 18.0 Å². The molecular formula is C20H20F3N7O2. The fourth-order valence-corrected chi connectivity index (χ4v) is 3.40. The van der Waals surface area contributed by atoms with Gasteiger partial charge in [0, 0.05) is 25.7 Å². The number of anilines is 1. The molecule has 0 amide bonds. The van der Waals surface area contributed by atoms with Crippen LogP contribution < -0.4 is 16.0 Å². The van der Waals surface area contributed by atoms with E-state index in [1.165, 1.54) is 18.4 Å². The van der Waals surface area contributed by atoms with E-state index < -0.39 is 24.0 Å². The van der Waals surface area contributed by atoms with Gasteiger partial charge in [-0.3, -0.25) is 10.2 Å². The maximum Gasteiger partial charge on any atom is 0.394 e. The molecule has 3 aromatic rings. The number of halogens is 3. The highest BCUT2D eigenvalue weighted by Gasteiger charge is 2.52. The zero-order chi connectivity index (χ0) is 23.0. The quantitative estimate of drug-likeness (QED) is 0.391. The molecule has 9 nitrogen and oxygen atoms in total. The van der Waals surface area contributed by atoms with Crippen LogP contribution in [0.15, 0.2) is 47.1 Å². The van der Waals surface area contributed by atoms with Crippen molar-refractivity contribution in [3.8, 4) is 0 Å². The Morgan fingerprint density at radius 3 is 2.59 bits per heavy atom. The van der Waals surface area contributed by atoms with Crippen LogP contribution in [0, 0.1) is 11.3 Å². The molecule has 4 rings (SSSR count). The first-order valence-corrected chi connectivity index (χ1v) is 9.65. The topological polar surface area (TPSA) is 126 Å². The van der Waals surface area contributed by atoms with Crippen molar-refractivity contribution in [1.29, 1.82) is 5.41 Å². The number of nitrogens with zero attached hydrogens (tertiary/aromatic N) is 4. The molecule has 1 aromatic carbocycles. The van der Waals surface area contributed by atoms with Crippen molar-refractivity contribution in [2.45, 2.75) is 18.8 Å². The van der Waals surface area contributed by atoms with Gasteiger partial charge in [0.1, 0.15) is 5.84 Å². The standard InChI is InChI=1S/C20H20F3N7O2/c1-29(10-11-4-6-12(7-5-11)16(24)25)19-27-17(15-13(9-26-15)20(21,22)23)28-30(19)18(31)14-3-2-8-32-14/h2-8,13,15,26H,9-10H2,1H3,(H3,24,25). The van der Waals surface area contributed by atoms with Crippen LogP contribution in [0.2, 0.25) is 0 Å². The second-order valence-electron chi connectivity index (χ2n) is 7.46. The molecule has 32 heavy (non-hydrogen) atoms. The third-order valence-corrected chi connectivity index (χ3v) is 5.22. The van der Waals surface area contributed by atoms with E-state index in [0.717, 1.165) is 10.2 Å². The lowest BCUT2D eigenvalue weighted by Crippen LogP contribution is -2.53. The first kappa shape index (κ1) is 21.6. The van der Waals surface area contributed by atoms with Crippen molar-refractivity contribution in [1.82, 2.24) is 20.1 Å². The summed E-state index contributed by atoms with van der Waals surface area (Å²) in [7, 11) is 1.65. The molecule has 1 aliphatic rings. The molecule has 1 saturated heterocycles. The monoisotopic (exact) mass is 447 g/mol. The first-order chi connectivity index (χ1) is 15.1. The van der Waals surface area contributed by atoms with Gasteiger partial charge in [0.05, 0.1) is 18.2 Å². The summed E-state index contributed by atoms with van der Waals surface area (Å²) in [6.07, 6.45) is -3.09. The second kappa shape index (κ2) is 8.11. The molecule has 1 fully saturated rings. The van der Waals surface area contributed by atoms with Crippen LogP contribution >= 0.6 is 0 Å². The van der Waals surface area contributed by atoms with Crippen LogP contribution in [-0.4, -0.2) is 46.3 Å². The lowest BCUT2D eigenvalue weighted by atomic mass is 9.90. The highest BCUT2D eigenvalue weighted by Crippen LogP contribution is 2.40. The molecule has 1 aliphatic heterocycles. The molecule has 12 heteroatoms. The number of hydrogen-bond acceptors (Lipinski definition) is 7. The highest BCUT2D eigenvalue weighted by atomic mass is 19.4. The molecule has 0 spiro atoms. The van der Waals surface area contributed by atoms with Crippen LogP contribution in [-0.2, 0) is 6.54 Å². The Morgan fingerprint density at radius 2 is 2.06 bits per heavy atom. The number of nitrogens with one attached hydrogen (secondary N) is 2. The number of aromatic nitrogens is 3. The molecule has 2 atom stereocenters. The van der Waals surface area contributed by atoms with Gasteiger partial charge in [-0.15, -0.1) is 5.10 Å². The number of amidine groups is 1. The van der Waals surface area contributed by atoms with Crippen molar-refractivity contribution in [3.05, 3.63) is 65.4 Å². The number of hydrogen-bond donors (Lipinski definition) is 3. The van der Waals surface area contributed by atoms with Gasteiger partial charge in [-0.25, -0.2) is 0 Å². The highest BCUT2D eigenvalue weighted by molar-refractivity contribution is 5.95. The molecule has 0 bridgehead atoms. The van der Waals surface area contributed by atoms with Crippen molar-refractivity contribution < 1.29 is 22.4 Å². The van der Waals surface area contributed by atoms with Crippen molar-refractivity contribution in [2.75, 3.05) is 18.5 Å². The summed E-state index contributed by atoms with van der Waals surface area (Å²) in [5.74, 6) is -2.40. The van der Waals surface area contributed by atoms with Gasteiger partial charge in [0.2, 0.25) is 5.95 Å². The van der Waals surface area contributed by atoms with E-state index in [2.05, 4.69) is 15.4 Å².